The lowest BCUT2D eigenvalue weighted by Crippen LogP contribution is -2.37. The van der Waals surface area contributed by atoms with Crippen molar-refractivity contribution in [2.45, 2.75) is 53.2 Å². The van der Waals surface area contributed by atoms with Crippen LogP contribution in [0.4, 0.5) is 16.4 Å². The molecule has 0 amide bonds. The highest BCUT2D eigenvalue weighted by Crippen LogP contribution is 2.36. The maximum Gasteiger partial charge on any atom is 0.305 e. The first-order valence-corrected chi connectivity index (χ1v) is 19.1. The molecule has 3 aromatic rings. The van der Waals surface area contributed by atoms with Gasteiger partial charge in [0.1, 0.15) is 23.6 Å². The van der Waals surface area contributed by atoms with E-state index in [4.69, 9.17) is 33.2 Å². The molecule has 0 fully saturated rings. The van der Waals surface area contributed by atoms with Gasteiger partial charge in [-0.15, -0.1) is 21.6 Å². The Labute approximate surface area is 323 Å². The highest BCUT2D eigenvalue weighted by molar-refractivity contribution is 7.16. The first-order valence-electron chi connectivity index (χ1n) is 18.3. The summed E-state index contributed by atoms with van der Waals surface area (Å²) in [5.41, 5.74) is 4.73. The molecule has 0 aliphatic heterocycles. The molecule has 0 saturated heterocycles. The number of azo groups is 1. The Hall–Kier alpha value is -4.25. The van der Waals surface area contributed by atoms with Crippen LogP contribution in [0.1, 0.15) is 53.8 Å². The summed E-state index contributed by atoms with van der Waals surface area (Å²) < 4.78 is 39.6. The van der Waals surface area contributed by atoms with Gasteiger partial charge in [-0.2, -0.15) is 10.5 Å². The zero-order valence-corrected chi connectivity index (χ0v) is 32.7. The minimum Gasteiger partial charge on any atom is -0.463 e. The molecular weight excluding hydrogens is 711 g/mol. The Bertz CT molecular complexity index is 1640. The Morgan fingerprint density at radius 2 is 1.46 bits per heavy atom. The van der Waals surface area contributed by atoms with Gasteiger partial charge in [-0.3, -0.25) is 4.79 Å². The lowest BCUT2D eigenvalue weighted by molar-refractivity contribution is -0.145. The van der Waals surface area contributed by atoms with Crippen molar-refractivity contribution in [1.82, 2.24) is 0 Å². The van der Waals surface area contributed by atoms with E-state index in [2.05, 4.69) is 40.3 Å². The van der Waals surface area contributed by atoms with E-state index in [1.165, 1.54) is 11.3 Å². The van der Waals surface area contributed by atoms with Crippen LogP contribution in [0.25, 0.3) is 0 Å². The number of thiophene rings is 1. The number of carbonyl (C=O) groups is 1. The lowest BCUT2D eigenvalue weighted by atomic mass is 10.1. The maximum absolute atomic E-state index is 11.3. The first-order chi connectivity index (χ1) is 26.4. The summed E-state index contributed by atoms with van der Waals surface area (Å²) in [5, 5.41) is 28.1. The Balaban J connectivity index is 1.41. The Kier molecular flexibility index (Phi) is 21.7. The normalized spacial score (nSPS) is 11.7. The van der Waals surface area contributed by atoms with Crippen LogP contribution in [-0.2, 0) is 44.6 Å². The highest BCUT2D eigenvalue weighted by atomic mass is 32.1. The van der Waals surface area contributed by atoms with Crippen molar-refractivity contribution in [3.05, 3.63) is 75.7 Å². The van der Waals surface area contributed by atoms with Crippen molar-refractivity contribution in [2.24, 2.45) is 10.2 Å². The van der Waals surface area contributed by atoms with Crippen molar-refractivity contribution in [1.29, 1.82) is 10.5 Å². The van der Waals surface area contributed by atoms with Crippen LogP contribution < -0.4 is 4.90 Å². The standard InChI is InChI=1S/C40H53N5O8S/c1-5-10-39(46)53-24-22-50-20-18-48-16-15-47-17-19-49-21-23-52-35(30-51-29-33-11-8-7-9-12-33)28-45(6-2)34-13-14-37(31(3)25-34)43-44-40-36(26-41)32(4)38(27-42)54-40/h7-9,11-14,25,35H,5-6,10,15-24,28-30H2,1-4H3. The number of nitrogens with zero attached hydrogens (tertiary/aromatic N) is 5. The topological polar surface area (TPSA) is 157 Å². The third-order valence-electron chi connectivity index (χ3n) is 8.00. The fourth-order valence-corrected chi connectivity index (χ4v) is 5.96. The van der Waals surface area contributed by atoms with Gasteiger partial charge in [0, 0.05) is 25.2 Å². The first kappa shape index (κ1) is 44.1. The van der Waals surface area contributed by atoms with Gasteiger partial charge in [-0.1, -0.05) is 37.3 Å². The van der Waals surface area contributed by atoms with E-state index in [1.807, 2.05) is 56.3 Å². The van der Waals surface area contributed by atoms with Gasteiger partial charge < -0.3 is 38.1 Å². The second-order valence-electron chi connectivity index (χ2n) is 12.1. The summed E-state index contributed by atoms with van der Waals surface area (Å²) in [7, 11) is 0. The molecule has 0 bridgehead atoms. The number of nitriles is 2. The van der Waals surface area contributed by atoms with Crippen LogP contribution in [-0.4, -0.2) is 97.8 Å². The molecule has 2 aromatic carbocycles. The molecule has 0 N–H and O–H groups in total. The number of rotatable bonds is 28. The van der Waals surface area contributed by atoms with Gasteiger partial charge in [-0.05, 0) is 62.1 Å². The van der Waals surface area contributed by atoms with Gasteiger partial charge in [0.2, 0.25) is 0 Å². The van der Waals surface area contributed by atoms with Gasteiger partial charge >= 0.3 is 5.97 Å². The zero-order valence-electron chi connectivity index (χ0n) is 31.9. The summed E-state index contributed by atoms with van der Waals surface area (Å²) in [6.07, 6.45) is 0.983. The number of likely N-dealkylation sites (N-methyl/N-ethyl adjacent to an activating group) is 1. The SMILES string of the molecule is CCCC(=O)OCCOCCOCCOCCOCCOC(COCc1ccccc1)CN(CC)c1ccc(N=Nc2sc(C#N)c(C)c2C#N)c(C)c1. The number of hydrogen-bond acceptors (Lipinski definition) is 14. The second kappa shape index (κ2) is 26.5. The maximum atomic E-state index is 11.3. The van der Waals surface area contributed by atoms with Crippen LogP contribution in [0.3, 0.4) is 0 Å². The fraction of sp³-hybridized carbons (Fsp3) is 0.525. The molecule has 1 aromatic heterocycles. The number of aryl methyl sites for hydroxylation is 1. The molecule has 292 valence electrons. The van der Waals surface area contributed by atoms with Crippen LogP contribution in [0.15, 0.2) is 58.8 Å². The number of ether oxygens (including phenoxy) is 7. The molecule has 0 radical (unpaired) electrons. The molecular formula is C40H53N5O8S. The van der Waals surface area contributed by atoms with Crippen LogP contribution in [0, 0.1) is 36.5 Å². The van der Waals surface area contributed by atoms with E-state index >= 15 is 0 Å². The predicted octanol–water partition coefficient (Wildman–Crippen LogP) is 7.36. The van der Waals surface area contributed by atoms with Gasteiger partial charge in [-0.25, -0.2) is 0 Å². The number of carbonyl (C=O) groups excluding carboxylic acids is 1. The molecule has 13 nitrogen and oxygen atoms in total. The molecule has 1 unspecified atom stereocenters. The number of esters is 1. The summed E-state index contributed by atoms with van der Waals surface area (Å²) >= 11 is 1.17. The van der Waals surface area contributed by atoms with Crippen LogP contribution >= 0.6 is 11.3 Å². The summed E-state index contributed by atoms with van der Waals surface area (Å²) in [4.78, 5) is 14.0. The van der Waals surface area contributed by atoms with Crippen molar-refractivity contribution >= 4 is 33.7 Å². The van der Waals surface area contributed by atoms with E-state index in [0.717, 1.165) is 29.8 Å². The molecule has 54 heavy (non-hydrogen) atoms. The summed E-state index contributed by atoms with van der Waals surface area (Å²) in [6, 6.07) is 20.3. The van der Waals surface area contributed by atoms with Gasteiger partial charge in [0.15, 0.2) is 5.00 Å². The highest BCUT2D eigenvalue weighted by Gasteiger charge is 2.17. The number of anilines is 1. The molecule has 0 aliphatic rings. The van der Waals surface area contributed by atoms with Crippen molar-refractivity contribution in [3.63, 3.8) is 0 Å². The third kappa shape index (κ3) is 16.4. The van der Waals surface area contributed by atoms with Crippen molar-refractivity contribution in [2.75, 3.05) is 90.7 Å². The van der Waals surface area contributed by atoms with E-state index in [0.29, 0.717) is 112 Å². The van der Waals surface area contributed by atoms with E-state index < -0.39 is 0 Å². The largest absolute Gasteiger partial charge is 0.463 e. The summed E-state index contributed by atoms with van der Waals surface area (Å²) in [5.74, 6) is -0.199. The Morgan fingerprint density at radius 3 is 2.06 bits per heavy atom. The van der Waals surface area contributed by atoms with E-state index in [9.17, 15) is 15.3 Å². The molecule has 3 rings (SSSR count). The molecule has 0 aliphatic carbocycles. The quantitative estimate of drug-likeness (QED) is 0.0413. The van der Waals surface area contributed by atoms with Crippen molar-refractivity contribution < 1.29 is 38.0 Å². The molecule has 0 saturated carbocycles. The smallest absolute Gasteiger partial charge is 0.305 e. The Morgan fingerprint density at radius 1 is 0.815 bits per heavy atom. The monoisotopic (exact) mass is 763 g/mol. The number of hydrogen-bond donors (Lipinski definition) is 0. The minimum atomic E-state index is -0.216. The van der Waals surface area contributed by atoms with Crippen molar-refractivity contribution in [3.8, 4) is 12.1 Å². The molecule has 14 heteroatoms. The predicted molar refractivity (Wildman–Crippen MR) is 207 cm³/mol. The second-order valence-corrected chi connectivity index (χ2v) is 13.1. The average molecular weight is 764 g/mol. The summed E-state index contributed by atoms with van der Waals surface area (Å²) in [6.45, 7) is 14.1. The average Bonchev–Trinajstić information content (AvgIpc) is 3.50. The molecule has 0 spiro atoms. The van der Waals surface area contributed by atoms with Gasteiger partial charge in [0.25, 0.3) is 0 Å². The van der Waals surface area contributed by atoms with Crippen LogP contribution in [0.5, 0.6) is 0 Å². The fourth-order valence-electron chi connectivity index (χ4n) is 5.08. The molecule has 1 heterocycles. The third-order valence-corrected chi connectivity index (χ3v) is 9.08. The molecule has 1 atom stereocenters. The van der Waals surface area contributed by atoms with E-state index in [-0.39, 0.29) is 18.7 Å². The number of benzene rings is 2. The van der Waals surface area contributed by atoms with Gasteiger partial charge in [0.05, 0.1) is 90.0 Å². The lowest BCUT2D eigenvalue weighted by Gasteiger charge is -2.29. The van der Waals surface area contributed by atoms with E-state index in [1.54, 1.807) is 6.92 Å². The van der Waals surface area contributed by atoms with Crippen LogP contribution in [0.2, 0.25) is 0 Å². The minimum absolute atomic E-state index is 0.199. The zero-order chi connectivity index (χ0) is 38.8.